The molecule has 3 aromatic rings. The van der Waals surface area contributed by atoms with Crippen LogP contribution in [0.4, 0.5) is 9.18 Å². The van der Waals surface area contributed by atoms with Crippen molar-refractivity contribution < 1.29 is 18.7 Å². The number of Topliss-reactive ketones (excluding diaryl/α,β-unsaturated/α-hetero) is 1. The van der Waals surface area contributed by atoms with Crippen LogP contribution in [0, 0.1) is 17.7 Å². The monoisotopic (exact) mass is 427 g/mol. The highest BCUT2D eigenvalue weighted by molar-refractivity contribution is 5.94. The van der Waals surface area contributed by atoms with E-state index in [0.717, 1.165) is 11.1 Å². The van der Waals surface area contributed by atoms with Crippen LogP contribution in [0.15, 0.2) is 66.7 Å². The minimum absolute atomic E-state index is 0.00414. The number of ketones is 1. The highest BCUT2D eigenvalue weighted by Gasteiger charge is 2.28. The van der Waals surface area contributed by atoms with E-state index in [2.05, 4.69) is 41.4 Å². The minimum Gasteiger partial charge on any atom is -0.449 e. The van der Waals surface area contributed by atoms with E-state index in [0.29, 0.717) is 12.0 Å². The first-order chi connectivity index (χ1) is 15.5. The number of amides is 1. The topological polar surface area (TPSA) is 55.4 Å². The Morgan fingerprint density at radius 2 is 1.66 bits per heavy atom. The molecule has 32 heavy (non-hydrogen) atoms. The Kier molecular flexibility index (Phi) is 6.32. The lowest BCUT2D eigenvalue weighted by atomic mass is 9.98. The molecule has 0 fully saturated rings. The molecular formula is C27H22FNO3. The van der Waals surface area contributed by atoms with Crippen LogP contribution in [0.2, 0.25) is 0 Å². The summed E-state index contributed by atoms with van der Waals surface area (Å²) < 4.78 is 19.3. The number of halogens is 1. The number of carbonyl (C=O) groups is 2. The smallest absolute Gasteiger partial charge is 0.407 e. The molecule has 4 nitrogen and oxygen atoms in total. The van der Waals surface area contributed by atoms with Crippen LogP contribution in [0.5, 0.6) is 0 Å². The normalized spacial score (nSPS) is 11.7. The van der Waals surface area contributed by atoms with E-state index in [1.54, 1.807) is 0 Å². The molecule has 0 atom stereocenters. The Bertz CT molecular complexity index is 1190. The number of nitrogens with one attached hydrogen (secondary N) is 1. The summed E-state index contributed by atoms with van der Waals surface area (Å²) in [6.07, 6.45) is -0.188. The number of ether oxygens (including phenoxy) is 1. The molecular weight excluding hydrogens is 405 g/mol. The summed E-state index contributed by atoms with van der Waals surface area (Å²) in [7, 11) is 0. The minimum atomic E-state index is -0.515. The van der Waals surface area contributed by atoms with Gasteiger partial charge in [-0.05, 0) is 47.4 Å². The van der Waals surface area contributed by atoms with E-state index in [1.807, 2.05) is 24.3 Å². The van der Waals surface area contributed by atoms with E-state index in [1.165, 1.54) is 36.2 Å². The number of benzene rings is 3. The SMILES string of the molecule is CC(=O)c1ccc(F)c(C#CCCNC(=O)OCC2c3ccccc3-c3ccccc32)c1. The molecule has 1 amide bonds. The Labute approximate surface area is 186 Å². The maximum atomic E-state index is 13.8. The van der Waals surface area contributed by atoms with Crippen molar-refractivity contribution in [2.45, 2.75) is 19.3 Å². The van der Waals surface area contributed by atoms with E-state index in [-0.39, 0.29) is 30.4 Å². The van der Waals surface area contributed by atoms with E-state index in [4.69, 9.17) is 4.74 Å². The molecule has 1 N–H and O–H groups in total. The van der Waals surface area contributed by atoms with E-state index >= 15 is 0 Å². The fraction of sp³-hybridized carbons (Fsp3) is 0.185. The summed E-state index contributed by atoms with van der Waals surface area (Å²) >= 11 is 0. The molecule has 0 aliphatic heterocycles. The van der Waals surface area contributed by atoms with Crippen molar-refractivity contribution in [1.82, 2.24) is 5.32 Å². The highest BCUT2D eigenvalue weighted by atomic mass is 19.1. The number of hydrogen-bond acceptors (Lipinski definition) is 3. The van der Waals surface area contributed by atoms with Crippen LogP contribution in [0.1, 0.15) is 46.3 Å². The van der Waals surface area contributed by atoms with Crippen LogP contribution in [0.3, 0.4) is 0 Å². The van der Waals surface area contributed by atoms with Gasteiger partial charge in [-0.2, -0.15) is 0 Å². The van der Waals surface area contributed by atoms with Crippen molar-refractivity contribution in [3.05, 3.63) is 94.8 Å². The molecule has 0 heterocycles. The van der Waals surface area contributed by atoms with Gasteiger partial charge in [-0.15, -0.1) is 0 Å². The largest absolute Gasteiger partial charge is 0.449 e. The first kappa shape index (κ1) is 21.3. The second-order valence-electron chi connectivity index (χ2n) is 7.55. The van der Waals surface area contributed by atoms with Gasteiger partial charge in [-0.3, -0.25) is 4.79 Å². The highest BCUT2D eigenvalue weighted by Crippen LogP contribution is 2.44. The van der Waals surface area contributed by atoms with Gasteiger partial charge in [0.25, 0.3) is 0 Å². The molecule has 0 aromatic heterocycles. The Morgan fingerprint density at radius 3 is 2.31 bits per heavy atom. The molecule has 0 saturated heterocycles. The average molecular weight is 427 g/mol. The quantitative estimate of drug-likeness (QED) is 0.341. The van der Waals surface area contributed by atoms with Crippen LogP contribution in [-0.2, 0) is 4.74 Å². The summed E-state index contributed by atoms with van der Waals surface area (Å²) in [5.41, 5.74) is 5.23. The lowest BCUT2D eigenvalue weighted by Gasteiger charge is -2.14. The van der Waals surface area contributed by atoms with Gasteiger partial charge in [-0.1, -0.05) is 60.4 Å². The number of carbonyl (C=O) groups excluding carboxylic acids is 2. The zero-order valence-corrected chi connectivity index (χ0v) is 17.7. The van der Waals surface area contributed by atoms with Gasteiger partial charge in [0.15, 0.2) is 5.78 Å². The summed E-state index contributed by atoms with van der Waals surface area (Å²) in [4.78, 5) is 23.6. The number of fused-ring (bicyclic) bond motifs is 3. The predicted molar refractivity (Wildman–Crippen MR) is 121 cm³/mol. The first-order valence-corrected chi connectivity index (χ1v) is 10.4. The van der Waals surface area contributed by atoms with Crippen LogP contribution in [-0.4, -0.2) is 25.0 Å². The molecule has 1 aliphatic carbocycles. The second-order valence-corrected chi connectivity index (χ2v) is 7.55. The molecule has 0 radical (unpaired) electrons. The van der Waals surface area contributed by atoms with Gasteiger partial charge in [0, 0.05) is 24.4 Å². The number of alkyl carbamates (subject to hydrolysis) is 1. The second kappa shape index (κ2) is 9.49. The van der Waals surface area contributed by atoms with Gasteiger partial charge in [0.2, 0.25) is 0 Å². The van der Waals surface area contributed by atoms with Crippen molar-refractivity contribution >= 4 is 11.9 Å². The molecule has 0 saturated carbocycles. The lowest BCUT2D eigenvalue weighted by molar-refractivity contribution is 0.101. The van der Waals surface area contributed by atoms with Crippen LogP contribution >= 0.6 is 0 Å². The van der Waals surface area contributed by atoms with Gasteiger partial charge >= 0.3 is 6.09 Å². The molecule has 3 aromatic carbocycles. The molecule has 1 aliphatic rings. The average Bonchev–Trinajstić information content (AvgIpc) is 3.12. The summed E-state index contributed by atoms with van der Waals surface area (Å²) in [5, 5.41) is 2.67. The number of rotatable bonds is 5. The third-order valence-corrected chi connectivity index (χ3v) is 5.46. The molecule has 0 bridgehead atoms. The van der Waals surface area contributed by atoms with Gasteiger partial charge < -0.3 is 10.1 Å². The summed E-state index contributed by atoms with van der Waals surface area (Å²) in [6.45, 7) is 1.94. The van der Waals surface area contributed by atoms with Crippen molar-refractivity contribution in [3.63, 3.8) is 0 Å². The molecule has 0 unspecified atom stereocenters. The molecule has 0 spiro atoms. The zero-order valence-electron chi connectivity index (χ0n) is 17.7. The van der Waals surface area contributed by atoms with Gasteiger partial charge in [0.1, 0.15) is 12.4 Å². The third kappa shape index (κ3) is 4.55. The van der Waals surface area contributed by atoms with Crippen molar-refractivity contribution in [2.24, 2.45) is 0 Å². The van der Waals surface area contributed by atoms with Crippen LogP contribution < -0.4 is 5.32 Å². The number of hydrogen-bond donors (Lipinski definition) is 1. The summed E-state index contributed by atoms with van der Waals surface area (Å²) in [5.74, 6) is 4.90. The van der Waals surface area contributed by atoms with Gasteiger partial charge in [0.05, 0.1) is 5.56 Å². The Hall–Kier alpha value is -3.91. The standard InChI is InChI=1S/C27H22FNO3/c1-18(30)19-13-14-26(28)20(16-19)8-6-7-15-29-27(31)32-17-25-23-11-4-2-9-21(23)22-10-3-5-12-24(22)25/h2-5,9-14,16,25H,7,15,17H2,1H3,(H,29,31). The fourth-order valence-electron chi connectivity index (χ4n) is 3.87. The van der Waals surface area contributed by atoms with Crippen LogP contribution in [0.25, 0.3) is 11.1 Å². The van der Waals surface area contributed by atoms with Gasteiger partial charge in [-0.25, -0.2) is 9.18 Å². The van der Waals surface area contributed by atoms with Crippen molar-refractivity contribution in [3.8, 4) is 23.0 Å². The fourth-order valence-corrected chi connectivity index (χ4v) is 3.87. The third-order valence-electron chi connectivity index (χ3n) is 5.46. The zero-order chi connectivity index (χ0) is 22.5. The molecule has 160 valence electrons. The maximum Gasteiger partial charge on any atom is 0.407 e. The van der Waals surface area contributed by atoms with Crippen molar-refractivity contribution in [1.29, 1.82) is 0 Å². The first-order valence-electron chi connectivity index (χ1n) is 10.4. The molecule has 5 heteroatoms. The van der Waals surface area contributed by atoms with E-state index in [9.17, 15) is 14.0 Å². The summed E-state index contributed by atoms with van der Waals surface area (Å²) in [6, 6.07) is 20.4. The molecule has 4 rings (SSSR count). The Balaban J connectivity index is 1.30. The van der Waals surface area contributed by atoms with Crippen molar-refractivity contribution in [2.75, 3.05) is 13.2 Å². The Morgan fingerprint density at radius 1 is 1.00 bits per heavy atom. The predicted octanol–water partition coefficient (Wildman–Crippen LogP) is 5.31. The lowest BCUT2D eigenvalue weighted by Crippen LogP contribution is -2.26. The van der Waals surface area contributed by atoms with E-state index < -0.39 is 11.9 Å². The maximum absolute atomic E-state index is 13.8.